The minimum Gasteiger partial charge on any atom is -0.466 e. The molecule has 2 heterocycles. The van der Waals surface area contributed by atoms with E-state index < -0.39 is 0 Å². The quantitative estimate of drug-likeness (QED) is 0.725. The standard InChI is InChI=1S/C22H26N4O3/c1-3-29-22(28)15-6-4-5-14(9-15)17-11-25-20(23-2)18-12-24-19(10-16(17)18)26-21(27)13-7-8-13/h5,10-13,15H,3-4,6-9H2,1-2H3,(H,23,25)(H,24,26,27). The van der Waals surface area contributed by atoms with Crippen molar-refractivity contribution in [3.05, 3.63) is 30.1 Å². The molecule has 7 heteroatoms. The summed E-state index contributed by atoms with van der Waals surface area (Å²) in [7, 11) is 1.82. The van der Waals surface area contributed by atoms with Gasteiger partial charge >= 0.3 is 5.97 Å². The molecule has 0 aromatic carbocycles. The predicted molar refractivity (Wildman–Crippen MR) is 112 cm³/mol. The second-order valence-electron chi connectivity index (χ2n) is 7.61. The third-order valence-corrected chi connectivity index (χ3v) is 5.55. The number of hydrogen-bond donors (Lipinski definition) is 2. The van der Waals surface area contributed by atoms with E-state index in [9.17, 15) is 9.59 Å². The van der Waals surface area contributed by atoms with Crippen molar-refractivity contribution >= 4 is 39.9 Å². The molecule has 152 valence electrons. The van der Waals surface area contributed by atoms with E-state index in [2.05, 4.69) is 26.7 Å². The van der Waals surface area contributed by atoms with Crippen LogP contribution in [0.15, 0.2) is 24.5 Å². The summed E-state index contributed by atoms with van der Waals surface area (Å²) >= 11 is 0. The van der Waals surface area contributed by atoms with Gasteiger partial charge in [-0.3, -0.25) is 9.59 Å². The van der Waals surface area contributed by atoms with Gasteiger partial charge in [0.15, 0.2) is 0 Å². The summed E-state index contributed by atoms with van der Waals surface area (Å²) in [5.74, 6) is 1.15. The SMILES string of the molecule is CCOC(=O)C1CCC=C(c2cnc(NC)c3cnc(NC(=O)C4CC4)cc23)C1. The van der Waals surface area contributed by atoms with Gasteiger partial charge in [-0.05, 0) is 56.1 Å². The predicted octanol–water partition coefficient (Wildman–Crippen LogP) is 3.77. The lowest BCUT2D eigenvalue weighted by Crippen LogP contribution is -2.20. The number of rotatable bonds is 6. The molecule has 2 N–H and O–H groups in total. The average Bonchev–Trinajstić information content (AvgIpc) is 3.58. The number of nitrogens with one attached hydrogen (secondary N) is 2. The number of hydrogen-bond acceptors (Lipinski definition) is 6. The Bertz CT molecular complexity index is 981. The topological polar surface area (TPSA) is 93.2 Å². The zero-order valence-corrected chi connectivity index (χ0v) is 16.8. The first-order chi connectivity index (χ1) is 14.1. The molecule has 0 radical (unpaired) electrons. The van der Waals surface area contributed by atoms with Gasteiger partial charge in [0.1, 0.15) is 11.6 Å². The van der Waals surface area contributed by atoms with E-state index in [0.717, 1.165) is 53.4 Å². The van der Waals surface area contributed by atoms with Gasteiger partial charge in [0.05, 0.1) is 12.5 Å². The fraction of sp³-hybridized carbons (Fsp3) is 0.455. The van der Waals surface area contributed by atoms with Crippen molar-refractivity contribution in [1.82, 2.24) is 9.97 Å². The monoisotopic (exact) mass is 394 g/mol. The van der Waals surface area contributed by atoms with Crippen molar-refractivity contribution in [2.45, 2.75) is 39.0 Å². The molecule has 2 aliphatic rings. The first-order valence-corrected chi connectivity index (χ1v) is 10.2. The average molecular weight is 394 g/mol. The number of allylic oxidation sites excluding steroid dienone is 2. The highest BCUT2D eigenvalue weighted by atomic mass is 16.5. The van der Waals surface area contributed by atoms with E-state index in [1.807, 2.05) is 26.2 Å². The van der Waals surface area contributed by atoms with Gasteiger partial charge in [0, 0.05) is 36.3 Å². The molecule has 0 spiro atoms. The lowest BCUT2D eigenvalue weighted by atomic mass is 9.85. The van der Waals surface area contributed by atoms with Crippen LogP contribution < -0.4 is 10.6 Å². The highest BCUT2D eigenvalue weighted by Gasteiger charge is 2.30. The molecule has 4 rings (SSSR count). The van der Waals surface area contributed by atoms with Crippen LogP contribution in [0, 0.1) is 11.8 Å². The summed E-state index contributed by atoms with van der Waals surface area (Å²) in [5.41, 5.74) is 2.05. The zero-order chi connectivity index (χ0) is 20.4. The van der Waals surface area contributed by atoms with Gasteiger partial charge in [-0.2, -0.15) is 0 Å². The smallest absolute Gasteiger partial charge is 0.309 e. The van der Waals surface area contributed by atoms with Crippen LogP contribution in [0.2, 0.25) is 0 Å². The number of esters is 1. The molecule has 0 bridgehead atoms. The third kappa shape index (κ3) is 4.09. The lowest BCUT2D eigenvalue weighted by molar-refractivity contribution is -0.148. The molecule has 0 aliphatic heterocycles. The molecular weight excluding hydrogens is 368 g/mol. The summed E-state index contributed by atoms with van der Waals surface area (Å²) in [4.78, 5) is 33.4. The number of fused-ring (bicyclic) bond motifs is 1. The Kier molecular flexibility index (Phi) is 5.47. The maximum Gasteiger partial charge on any atom is 0.309 e. The van der Waals surface area contributed by atoms with Gasteiger partial charge < -0.3 is 15.4 Å². The van der Waals surface area contributed by atoms with Crippen LogP contribution in [-0.4, -0.2) is 35.5 Å². The second kappa shape index (κ2) is 8.19. The Balaban J connectivity index is 1.70. The van der Waals surface area contributed by atoms with Crippen LogP contribution >= 0.6 is 0 Å². The molecule has 0 saturated heterocycles. The van der Waals surface area contributed by atoms with Crippen molar-refractivity contribution in [3.8, 4) is 0 Å². The van der Waals surface area contributed by atoms with E-state index in [4.69, 9.17) is 4.74 Å². The first-order valence-electron chi connectivity index (χ1n) is 10.2. The van der Waals surface area contributed by atoms with Crippen LogP contribution in [0.3, 0.4) is 0 Å². The summed E-state index contributed by atoms with van der Waals surface area (Å²) in [6.07, 6.45) is 9.89. The van der Waals surface area contributed by atoms with Crippen molar-refractivity contribution in [1.29, 1.82) is 0 Å². The largest absolute Gasteiger partial charge is 0.466 e. The number of carbonyl (C=O) groups is 2. The van der Waals surface area contributed by atoms with Crippen LogP contribution in [0.25, 0.3) is 16.3 Å². The van der Waals surface area contributed by atoms with Gasteiger partial charge in [-0.1, -0.05) is 6.08 Å². The highest BCUT2D eigenvalue weighted by molar-refractivity contribution is 6.02. The van der Waals surface area contributed by atoms with E-state index in [1.165, 1.54) is 0 Å². The van der Waals surface area contributed by atoms with Gasteiger partial charge in [-0.15, -0.1) is 0 Å². The van der Waals surface area contributed by atoms with Gasteiger partial charge in [0.25, 0.3) is 0 Å². The highest BCUT2D eigenvalue weighted by Crippen LogP contribution is 2.37. The molecule has 2 aromatic rings. The van der Waals surface area contributed by atoms with Gasteiger partial charge in [-0.25, -0.2) is 9.97 Å². The Hall–Kier alpha value is -2.96. The number of pyridine rings is 2. The molecule has 2 aliphatic carbocycles. The molecule has 7 nitrogen and oxygen atoms in total. The minimum atomic E-state index is -0.138. The fourth-order valence-corrected chi connectivity index (χ4v) is 3.82. The number of ether oxygens (including phenoxy) is 1. The number of amides is 1. The Morgan fingerprint density at radius 3 is 2.69 bits per heavy atom. The Labute approximate surface area is 169 Å². The molecule has 1 amide bonds. The van der Waals surface area contributed by atoms with E-state index in [1.54, 1.807) is 6.20 Å². The van der Waals surface area contributed by atoms with Crippen molar-refractivity contribution in [2.24, 2.45) is 11.8 Å². The van der Waals surface area contributed by atoms with E-state index in [-0.39, 0.29) is 23.7 Å². The molecular formula is C22H26N4O3. The lowest BCUT2D eigenvalue weighted by Gasteiger charge is -2.22. The van der Waals surface area contributed by atoms with Crippen LogP contribution in [0.4, 0.5) is 11.6 Å². The number of nitrogens with zero attached hydrogens (tertiary/aromatic N) is 2. The first kappa shape index (κ1) is 19.4. The Morgan fingerprint density at radius 2 is 1.97 bits per heavy atom. The van der Waals surface area contributed by atoms with Crippen molar-refractivity contribution in [2.75, 3.05) is 24.3 Å². The maximum absolute atomic E-state index is 12.3. The van der Waals surface area contributed by atoms with Crippen LogP contribution in [0.1, 0.15) is 44.6 Å². The summed E-state index contributed by atoms with van der Waals surface area (Å²) in [5, 5.41) is 7.87. The summed E-state index contributed by atoms with van der Waals surface area (Å²) in [6, 6.07) is 1.91. The normalized spacial score (nSPS) is 18.8. The molecule has 2 aromatic heterocycles. The van der Waals surface area contributed by atoms with Crippen molar-refractivity contribution in [3.63, 3.8) is 0 Å². The number of anilines is 2. The summed E-state index contributed by atoms with van der Waals surface area (Å²) in [6.45, 7) is 2.22. The van der Waals surface area contributed by atoms with Crippen LogP contribution in [0.5, 0.6) is 0 Å². The van der Waals surface area contributed by atoms with Crippen LogP contribution in [-0.2, 0) is 14.3 Å². The molecule has 1 unspecified atom stereocenters. The summed E-state index contributed by atoms with van der Waals surface area (Å²) < 4.78 is 5.23. The van der Waals surface area contributed by atoms with E-state index >= 15 is 0 Å². The maximum atomic E-state index is 12.3. The number of aromatic nitrogens is 2. The molecule has 1 saturated carbocycles. The zero-order valence-electron chi connectivity index (χ0n) is 16.8. The van der Waals surface area contributed by atoms with E-state index in [0.29, 0.717) is 18.8 Å². The molecule has 1 fully saturated rings. The number of carbonyl (C=O) groups excluding carboxylic acids is 2. The van der Waals surface area contributed by atoms with Gasteiger partial charge in [0.2, 0.25) is 5.91 Å². The third-order valence-electron chi connectivity index (χ3n) is 5.55. The second-order valence-corrected chi connectivity index (χ2v) is 7.61. The molecule has 29 heavy (non-hydrogen) atoms. The minimum absolute atomic E-state index is 0.0283. The fourth-order valence-electron chi connectivity index (χ4n) is 3.82. The van der Waals surface area contributed by atoms with Crippen molar-refractivity contribution < 1.29 is 14.3 Å². The Morgan fingerprint density at radius 1 is 1.14 bits per heavy atom. The molecule has 1 atom stereocenters.